The summed E-state index contributed by atoms with van der Waals surface area (Å²) in [5.41, 5.74) is 2.10. The van der Waals surface area contributed by atoms with Crippen molar-refractivity contribution in [3.63, 3.8) is 0 Å². The van der Waals surface area contributed by atoms with Crippen molar-refractivity contribution >= 4 is 17.5 Å². The third kappa shape index (κ3) is 4.44. The van der Waals surface area contributed by atoms with Crippen LogP contribution in [0.4, 0.5) is 0 Å². The minimum atomic E-state index is -0.0944. The number of amides is 1. The molecule has 2 aromatic rings. The van der Waals surface area contributed by atoms with E-state index >= 15 is 0 Å². The van der Waals surface area contributed by atoms with Crippen LogP contribution in [0.1, 0.15) is 21.9 Å². The number of ether oxygens (including phenoxy) is 1. The number of halogens is 1. The average molecular weight is 382 g/mol. The highest BCUT2D eigenvalue weighted by atomic mass is 35.5. The summed E-state index contributed by atoms with van der Waals surface area (Å²) in [6.07, 6.45) is 1.75. The van der Waals surface area contributed by atoms with E-state index in [-0.39, 0.29) is 5.91 Å². The van der Waals surface area contributed by atoms with E-state index in [2.05, 4.69) is 10.2 Å². The summed E-state index contributed by atoms with van der Waals surface area (Å²) in [6.45, 7) is 7.27. The highest BCUT2D eigenvalue weighted by Crippen LogP contribution is 2.16. The van der Waals surface area contributed by atoms with Crippen LogP contribution < -0.4 is 4.90 Å². The van der Waals surface area contributed by atoms with Crippen LogP contribution in [0.5, 0.6) is 0 Å². The SMILES string of the molecule is Cc1cc(C(=O)N(CC[NH+]2CCOCC2)Cc2nn(C)cc2Cl)nn1C. The second kappa shape index (κ2) is 8.20. The number of hydrogen-bond acceptors (Lipinski definition) is 4. The zero-order chi connectivity index (χ0) is 18.7. The number of carbonyl (C=O) groups is 1. The van der Waals surface area contributed by atoms with Gasteiger partial charge in [0.1, 0.15) is 18.8 Å². The minimum absolute atomic E-state index is 0.0944. The summed E-state index contributed by atoms with van der Waals surface area (Å²) >= 11 is 6.26. The fraction of sp³-hybridized carbons (Fsp3) is 0.588. The summed E-state index contributed by atoms with van der Waals surface area (Å²) in [5.74, 6) is -0.0944. The smallest absolute Gasteiger partial charge is 0.274 e. The van der Waals surface area contributed by atoms with Gasteiger partial charge in [-0.3, -0.25) is 14.2 Å². The first-order valence-electron chi connectivity index (χ1n) is 8.83. The maximum atomic E-state index is 13.0. The topological polar surface area (TPSA) is 69.6 Å². The summed E-state index contributed by atoms with van der Waals surface area (Å²) in [5, 5.41) is 9.29. The van der Waals surface area contributed by atoms with Gasteiger partial charge >= 0.3 is 0 Å². The van der Waals surface area contributed by atoms with Crippen LogP contribution in [0.2, 0.25) is 5.02 Å². The zero-order valence-electron chi connectivity index (χ0n) is 15.5. The quantitative estimate of drug-likeness (QED) is 0.744. The lowest BCUT2D eigenvalue weighted by molar-refractivity contribution is -0.907. The Morgan fingerprint density at radius 1 is 1.35 bits per heavy atom. The van der Waals surface area contributed by atoms with Crippen molar-refractivity contribution in [1.82, 2.24) is 24.5 Å². The van der Waals surface area contributed by atoms with Gasteiger partial charge in [0.05, 0.1) is 37.9 Å². The molecule has 0 atom stereocenters. The van der Waals surface area contributed by atoms with Gasteiger partial charge in [0, 0.05) is 26.0 Å². The number of quaternary nitrogens is 1. The fourth-order valence-electron chi connectivity index (χ4n) is 3.08. The molecule has 1 amide bonds. The molecule has 3 rings (SSSR count). The maximum absolute atomic E-state index is 13.0. The molecular formula is C17H26ClN6O2+. The molecule has 1 fully saturated rings. The van der Waals surface area contributed by atoms with Crippen LogP contribution in [-0.4, -0.2) is 69.8 Å². The zero-order valence-corrected chi connectivity index (χ0v) is 16.3. The third-order valence-electron chi connectivity index (χ3n) is 4.75. The Labute approximate surface area is 158 Å². The van der Waals surface area contributed by atoms with E-state index in [1.54, 1.807) is 20.5 Å². The van der Waals surface area contributed by atoms with Gasteiger partial charge in [0.15, 0.2) is 5.69 Å². The molecule has 2 aromatic heterocycles. The van der Waals surface area contributed by atoms with Crippen LogP contribution >= 0.6 is 11.6 Å². The first kappa shape index (κ1) is 18.9. The highest BCUT2D eigenvalue weighted by Gasteiger charge is 2.24. The van der Waals surface area contributed by atoms with Crippen molar-refractivity contribution in [2.45, 2.75) is 13.5 Å². The van der Waals surface area contributed by atoms with Gasteiger partial charge in [-0.15, -0.1) is 0 Å². The highest BCUT2D eigenvalue weighted by molar-refractivity contribution is 6.31. The fourth-order valence-corrected chi connectivity index (χ4v) is 3.31. The molecule has 0 aliphatic carbocycles. The summed E-state index contributed by atoms with van der Waals surface area (Å²) in [7, 11) is 3.66. The van der Waals surface area contributed by atoms with Crippen LogP contribution in [0.25, 0.3) is 0 Å². The molecule has 9 heteroatoms. The number of nitrogens with one attached hydrogen (secondary N) is 1. The molecule has 142 valence electrons. The van der Waals surface area contributed by atoms with Crippen LogP contribution in [-0.2, 0) is 25.4 Å². The standard InChI is InChI=1S/C17H25ClN6O2/c1-13-10-15(20-22(13)3)17(25)24(5-4-23-6-8-26-9-7-23)12-16-14(18)11-21(2)19-16/h10-11H,4-9,12H2,1-3H3/p+1. The van der Waals surface area contributed by atoms with E-state index in [1.807, 2.05) is 27.1 Å². The van der Waals surface area contributed by atoms with Crippen molar-refractivity contribution in [1.29, 1.82) is 0 Å². The van der Waals surface area contributed by atoms with Crippen molar-refractivity contribution in [3.8, 4) is 0 Å². The second-order valence-corrected chi connectivity index (χ2v) is 7.14. The predicted octanol–water partition coefficient (Wildman–Crippen LogP) is -0.327. The minimum Gasteiger partial charge on any atom is -0.370 e. The Kier molecular flexibility index (Phi) is 5.95. The van der Waals surface area contributed by atoms with E-state index in [9.17, 15) is 4.79 Å². The number of aryl methyl sites for hydroxylation is 3. The van der Waals surface area contributed by atoms with E-state index in [4.69, 9.17) is 16.3 Å². The van der Waals surface area contributed by atoms with Crippen molar-refractivity contribution in [2.75, 3.05) is 39.4 Å². The molecule has 8 nitrogen and oxygen atoms in total. The van der Waals surface area contributed by atoms with Gasteiger partial charge in [-0.25, -0.2) is 0 Å². The van der Waals surface area contributed by atoms with Gasteiger partial charge in [-0.1, -0.05) is 11.6 Å². The average Bonchev–Trinajstić information content (AvgIpc) is 3.12. The lowest BCUT2D eigenvalue weighted by Gasteiger charge is -2.27. The molecule has 0 unspecified atom stereocenters. The lowest BCUT2D eigenvalue weighted by atomic mass is 10.3. The second-order valence-electron chi connectivity index (χ2n) is 6.73. The molecule has 26 heavy (non-hydrogen) atoms. The third-order valence-corrected chi connectivity index (χ3v) is 5.07. The summed E-state index contributed by atoms with van der Waals surface area (Å²) in [4.78, 5) is 16.3. The van der Waals surface area contributed by atoms with Gasteiger partial charge in [0.2, 0.25) is 0 Å². The number of hydrogen-bond donors (Lipinski definition) is 1. The molecule has 1 aliphatic rings. The Morgan fingerprint density at radius 3 is 2.65 bits per heavy atom. The molecule has 0 bridgehead atoms. The number of nitrogens with zero attached hydrogens (tertiary/aromatic N) is 5. The van der Waals surface area contributed by atoms with Crippen LogP contribution in [0, 0.1) is 6.92 Å². The molecule has 3 heterocycles. The number of aromatic nitrogens is 4. The summed E-state index contributed by atoms with van der Waals surface area (Å²) < 4.78 is 8.79. The monoisotopic (exact) mass is 381 g/mol. The first-order chi connectivity index (χ1) is 12.4. The molecule has 0 saturated carbocycles. The molecule has 0 aromatic carbocycles. The van der Waals surface area contributed by atoms with Crippen molar-refractivity contribution in [2.24, 2.45) is 14.1 Å². The molecular weight excluding hydrogens is 356 g/mol. The maximum Gasteiger partial charge on any atom is 0.274 e. The van der Waals surface area contributed by atoms with E-state index in [0.717, 1.165) is 38.5 Å². The van der Waals surface area contributed by atoms with Crippen LogP contribution in [0.3, 0.4) is 0 Å². The van der Waals surface area contributed by atoms with Crippen molar-refractivity contribution < 1.29 is 14.4 Å². The largest absolute Gasteiger partial charge is 0.370 e. The molecule has 1 N–H and O–H groups in total. The van der Waals surface area contributed by atoms with E-state index in [1.165, 1.54) is 4.90 Å². The van der Waals surface area contributed by atoms with Crippen molar-refractivity contribution in [3.05, 3.63) is 34.4 Å². The number of rotatable bonds is 6. The first-order valence-corrected chi connectivity index (χ1v) is 9.21. The van der Waals surface area contributed by atoms with Gasteiger partial charge in [-0.05, 0) is 13.0 Å². The Bertz CT molecular complexity index is 746. The predicted molar refractivity (Wildman–Crippen MR) is 97.3 cm³/mol. The van der Waals surface area contributed by atoms with E-state index in [0.29, 0.717) is 29.5 Å². The van der Waals surface area contributed by atoms with Gasteiger partial charge in [-0.2, -0.15) is 10.2 Å². The Balaban J connectivity index is 1.75. The van der Waals surface area contributed by atoms with Crippen LogP contribution in [0.15, 0.2) is 12.3 Å². The Hall–Kier alpha value is -1.90. The Morgan fingerprint density at radius 2 is 2.08 bits per heavy atom. The van der Waals surface area contributed by atoms with Gasteiger partial charge in [0.25, 0.3) is 5.91 Å². The molecule has 1 saturated heterocycles. The molecule has 0 spiro atoms. The lowest BCUT2D eigenvalue weighted by Crippen LogP contribution is -3.14. The number of carbonyl (C=O) groups excluding carboxylic acids is 1. The number of morpholine rings is 1. The summed E-state index contributed by atoms with van der Waals surface area (Å²) in [6, 6.07) is 1.82. The van der Waals surface area contributed by atoms with E-state index < -0.39 is 0 Å². The molecule has 0 radical (unpaired) electrons. The normalized spacial score (nSPS) is 15.4. The van der Waals surface area contributed by atoms with Gasteiger partial charge < -0.3 is 14.5 Å². The molecule has 1 aliphatic heterocycles.